The number of benzene rings is 1. The molecule has 0 aliphatic rings. The van der Waals surface area contributed by atoms with Crippen molar-refractivity contribution in [2.45, 2.75) is 20.8 Å². The second-order valence-corrected chi connectivity index (χ2v) is 3.91. The number of halogens is 1. The molecule has 3 rings (SSSR count). The average Bonchev–Trinajstić information content (AvgIpc) is 2.83. The number of aryl methyl sites for hydroxylation is 1. The Morgan fingerprint density at radius 3 is 2.37 bits per heavy atom. The first-order chi connectivity index (χ1) is 9.24. The monoisotopic (exact) mass is 257 g/mol. The molecule has 1 aromatic carbocycles. The molecule has 0 N–H and O–H groups in total. The van der Waals surface area contributed by atoms with Crippen LogP contribution in [0.15, 0.2) is 42.9 Å². The summed E-state index contributed by atoms with van der Waals surface area (Å²) in [7, 11) is 0. The lowest BCUT2D eigenvalue weighted by Crippen LogP contribution is -1.92. The Bertz CT molecular complexity index is 671. The van der Waals surface area contributed by atoms with Gasteiger partial charge in [-0.1, -0.05) is 13.8 Å². The van der Waals surface area contributed by atoms with Crippen molar-refractivity contribution in [3.05, 3.63) is 54.4 Å². The van der Waals surface area contributed by atoms with Crippen LogP contribution >= 0.6 is 0 Å². The van der Waals surface area contributed by atoms with E-state index in [2.05, 4.69) is 9.97 Å². The van der Waals surface area contributed by atoms with Crippen molar-refractivity contribution in [1.29, 1.82) is 0 Å². The van der Waals surface area contributed by atoms with Crippen LogP contribution < -0.4 is 0 Å². The zero-order chi connectivity index (χ0) is 13.8. The normalized spacial score (nSPS) is 10.1. The summed E-state index contributed by atoms with van der Waals surface area (Å²) < 4.78 is 14.8. The largest absolute Gasteiger partial charge is 0.301 e. The summed E-state index contributed by atoms with van der Waals surface area (Å²) in [5.74, 6) is -0.242. The summed E-state index contributed by atoms with van der Waals surface area (Å²) in [6.07, 6.45) is 5.42. The van der Waals surface area contributed by atoms with Crippen molar-refractivity contribution >= 4 is 5.65 Å². The number of hydrogen-bond donors (Lipinski definition) is 0. The molecule has 0 unspecified atom stereocenters. The molecule has 3 nitrogen and oxygen atoms in total. The fourth-order valence-electron chi connectivity index (χ4n) is 1.78. The minimum absolute atomic E-state index is 0.242. The van der Waals surface area contributed by atoms with E-state index in [1.807, 2.05) is 31.4 Å². The fraction of sp³-hybridized carbons (Fsp3) is 0.200. The van der Waals surface area contributed by atoms with E-state index in [1.165, 1.54) is 12.1 Å². The van der Waals surface area contributed by atoms with Gasteiger partial charge in [-0.05, 0) is 31.2 Å². The summed E-state index contributed by atoms with van der Waals surface area (Å²) in [4.78, 5) is 8.52. The molecule has 0 aliphatic heterocycles. The second kappa shape index (κ2) is 5.61. The average molecular weight is 257 g/mol. The minimum atomic E-state index is -0.242. The van der Waals surface area contributed by atoms with Crippen LogP contribution in [0.3, 0.4) is 0 Å². The van der Waals surface area contributed by atoms with Gasteiger partial charge in [-0.2, -0.15) is 0 Å². The van der Waals surface area contributed by atoms with Crippen molar-refractivity contribution in [1.82, 2.24) is 14.4 Å². The zero-order valence-electron chi connectivity index (χ0n) is 11.3. The molecular weight excluding hydrogens is 241 g/mol. The number of hydrogen-bond acceptors (Lipinski definition) is 2. The van der Waals surface area contributed by atoms with Gasteiger partial charge in [-0.25, -0.2) is 9.37 Å². The molecule has 0 fully saturated rings. The molecule has 0 saturated heterocycles. The van der Waals surface area contributed by atoms with Crippen LogP contribution in [-0.4, -0.2) is 14.4 Å². The third kappa shape index (κ3) is 2.62. The molecular formula is C15H16FN3. The molecule has 0 spiro atoms. The quantitative estimate of drug-likeness (QED) is 0.662. The van der Waals surface area contributed by atoms with Gasteiger partial charge in [0.1, 0.15) is 5.82 Å². The minimum Gasteiger partial charge on any atom is -0.301 e. The Labute approximate surface area is 111 Å². The first-order valence-electron chi connectivity index (χ1n) is 6.30. The maximum absolute atomic E-state index is 12.8. The Morgan fingerprint density at radius 1 is 1.00 bits per heavy atom. The van der Waals surface area contributed by atoms with E-state index in [0.29, 0.717) is 0 Å². The van der Waals surface area contributed by atoms with Gasteiger partial charge >= 0.3 is 0 Å². The maximum atomic E-state index is 12.8. The molecule has 0 amide bonds. The number of imidazole rings is 1. The van der Waals surface area contributed by atoms with Crippen molar-refractivity contribution < 1.29 is 4.39 Å². The third-order valence-corrected chi connectivity index (χ3v) is 2.72. The fourth-order valence-corrected chi connectivity index (χ4v) is 1.78. The van der Waals surface area contributed by atoms with E-state index in [9.17, 15) is 4.39 Å². The third-order valence-electron chi connectivity index (χ3n) is 2.72. The van der Waals surface area contributed by atoms with Crippen LogP contribution in [0.4, 0.5) is 4.39 Å². The molecule has 0 aliphatic carbocycles. The van der Waals surface area contributed by atoms with E-state index >= 15 is 0 Å². The van der Waals surface area contributed by atoms with Gasteiger partial charge in [0, 0.05) is 23.7 Å². The van der Waals surface area contributed by atoms with Gasteiger partial charge in [-0.3, -0.25) is 4.98 Å². The van der Waals surface area contributed by atoms with Crippen molar-refractivity contribution in [3.8, 4) is 11.3 Å². The highest BCUT2D eigenvalue weighted by molar-refractivity contribution is 5.59. The van der Waals surface area contributed by atoms with Crippen LogP contribution in [0.5, 0.6) is 0 Å². The molecule has 0 radical (unpaired) electrons. The van der Waals surface area contributed by atoms with Crippen LogP contribution in [0.2, 0.25) is 0 Å². The molecule has 0 atom stereocenters. The topological polar surface area (TPSA) is 30.2 Å². The Hall–Kier alpha value is -2.23. The Morgan fingerprint density at radius 2 is 1.68 bits per heavy atom. The number of fused-ring (bicyclic) bond motifs is 1. The lowest BCUT2D eigenvalue weighted by molar-refractivity contribution is 0.628. The second-order valence-electron chi connectivity index (χ2n) is 3.91. The van der Waals surface area contributed by atoms with Crippen LogP contribution in [-0.2, 0) is 0 Å². The lowest BCUT2D eigenvalue weighted by atomic mass is 10.1. The standard InChI is InChI=1S/C13H10FN3.C2H6/c1-9-6-16-13-7-15-12(8-17(9)13)10-2-4-11(14)5-3-10;1-2/h2-8H,1H3;1-2H3. The maximum Gasteiger partial charge on any atom is 0.155 e. The molecule has 0 saturated carbocycles. The van der Waals surface area contributed by atoms with E-state index < -0.39 is 0 Å². The highest BCUT2D eigenvalue weighted by Gasteiger charge is 2.03. The van der Waals surface area contributed by atoms with E-state index in [4.69, 9.17) is 0 Å². The smallest absolute Gasteiger partial charge is 0.155 e. The van der Waals surface area contributed by atoms with Crippen molar-refractivity contribution in [2.75, 3.05) is 0 Å². The van der Waals surface area contributed by atoms with Crippen LogP contribution in [0.25, 0.3) is 16.9 Å². The van der Waals surface area contributed by atoms with Gasteiger partial charge in [0.15, 0.2) is 5.65 Å². The zero-order valence-corrected chi connectivity index (χ0v) is 11.3. The number of rotatable bonds is 1. The summed E-state index contributed by atoms with van der Waals surface area (Å²) in [5, 5.41) is 0. The van der Waals surface area contributed by atoms with Gasteiger partial charge in [0.05, 0.1) is 11.9 Å². The SMILES string of the molecule is CC.Cc1cnc2cnc(-c3ccc(F)cc3)cn12. The van der Waals surface area contributed by atoms with Crippen molar-refractivity contribution in [2.24, 2.45) is 0 Å². The Kier molecular flexibility index (Phi) is 3.90. The molecule has 19 heavy (non-hydrogen) atoms. The highest BCUT2D eigenvalue weighted by atomic mass is 19.1. The lowest BCUT2D eigenvalue weighted by Gasteiger charge is -2.02. The predicted molar refractivity (Wildman–Crippen MR) is 74.5 cm³/mol. The molecule has 2 heterocycles. The summed E-state index contributed by atoms with van der Waals surface area (Å²) in [6.45, 7) is 5.98. The molecule has 4 heteroatoms. The Balaban J connectivity index is 0.000000637. The van der Waals surface area contributed by atoms with E-state index in [1.54, 1.807) is 24.5 Å². The summed E-state index contributed by atoms with van der Waals surface area (Å²) in [6, 6.07) is 6.30. The first-order valence-corrected chi connectivity index (χ1v) is 6.30. The van der Waals surface area contributed by atoms with Crippen LogP contribution in [0, 0.1) is 12.7 Å². The molecule has 2 aromatic heterocycles. The molecule has 0 bridgehead atoms. The predicted octanol–water partition coefficient (Wildman–Crippen LogP) is 3.87. The number of nitrogens with zero attached hydrogens (tertiary/aromatic N) is 3. The summed E-state index contributed by atoms with van der Waals surface area (Å²) in [5.41, 5.74) is 3.55. The van der Waals surface area contributed by atoms with Crippen LogP contribution in [0.1, 0.15) is 19.5 Å². The first kappa shape index (κ1) is 13.2. The summed E-state index contributed by atoms with van der Waals surface area (Å²) >= 11 is 0. The molecule has 98 valence electrons. The van der Waals surface area contributed by atoms with Gasteiger partial charge in [-0.15, -0.1) is 0 Å². The van der Waals surface area contributed by atoms with Gasteiger partial charge < -0.3 is 4.40 Å². The molecule has 3 aromatic rings. The van der Waals surface area contributed by atoms with E-state index in [-0.39, 0.29) is 5.82 Å². The van der Waals surface area contributed by atoms with Crippen molar-refractivity contribution in [3.63, 3.8) is 0 Å². The van der Waals surface area contributed by atoms with E-state index in [0.717, 1.165) is 22.6 Å². The highest BCUT2D eigenvalue weighted by Crippen LogP contribution is 2.18. The van der Waals surface area contributed by atoms with Gasteiger partial charge in [0.2, 0.25) is 0 Å². The van der Waals surface area contributed by atoms with Gasteiger partial charge in [0.25, 0.3) is 0 Å². The number of aromatic nitrogens is 3.